The van der Waals surface area contributed by atoms with E-state index in [1.807, 2.05) is 26.0 Å². The van der Waals surface area contributed by atoms with E-state index >= 15 is 0 Å². The number of fused-ring (bicyclic) bond motifs is 1. The summed E-state index contributed by atoms with van der Waals surface area (Å²) in [5.41, 5.74) is 2.22. The molecule has 4 heteroatoms. The van der Waals surface area contributed by atoms with E-state index in [-0.39, 0.29) is 22.7 Å². The second-order valence-corrected chi connectivity index (χ2v) is 14.3. The molecule has 2 aromatic carbocycles. The number of hydrogen-bond acceptors (Lipinski definition) is 3. The number of carbonyl (C=O) groups excluding carboxylic acids is 1. The van der Waals surface area contributed by atoms with Crippen molar-refractivity contribution in [3.8, 4) is 17.0 Å². The quantitative estimate of drug-likeness (QED) is 0.264. The number of carbonyl (C=O) groups is 1. The van der Waals surface area contributed by atoms with Gasteiger partial charge in [-0.2, -0.15) is 0 Å². The Hall–Kier alpha value is -2.75. The largest absolute Gasteiger partial charge is 0.488 e. The zero-order valence-electron chi connectivity index (χ0n) is 25.6. The van der Waals surface area contributed by atoms with Crippen molar-refractivity contribution in [2.45, 2.75) is 107 Å². The van der Waals surface area contributed by atoms with E-state index in [1.165, 1.54) is 16.6 Å². The predicted octanol–water partition coefficient (Wildman–Crippen LogP) is 9.30. The van der Waals surface area contributed by atoms with Crippen LogP contribution in [0.25, 0.3) is 22.2 Å². The number of aromatic nitrogens is 1. The third-order valence-electron chi connectivity index (χ3n) is 7.03. The van der Waals surface area contributed by atoms with E-state index in [0.29, 0.717) is 6.42 Å². The highest BCUT2D eigenvalue weighted by Gasteiger charge is 2.40. The number of hydrogen-bond donors (Lipinski definition) is 0. The third-order valence-corrected chi connectivity index (χ3v) is 7.03. The molecule has 1 heterocycles. The van der Waals surface area contributed by atoms with Crippen LogP contribution in [-0.4, -0.2) is 21.7 Å². The predicted molar refractivity (Wildman–Crippen MR) is 160 cm³/mol. The standard InChI is InChI=1S/C34H49NO3/c1-12-35-28(24-16-14-13-15-17-24)20-25-18-19-26(21-29(25)35)37-33(8,9)23-34(10,11)38-30(36)27(32(5,6)7)22-31(2,3)4/h13-21,27H,12,22-23H2,1-11H3. The van der Waals surface area contributed by atoms with Crippen LogP contribution in [0.2, 0.25) is 0 Å². The van der Waals surface area contributed by atoms with Crippen molar-refractivity contribution in [3.05, 3.63) is 54.6 Å². The van der Waals surface area contributed by atoms with Crippen LogP contribution in [0.4, 0.5) is 0 Å². The van der Waals surface area contributed by atoms with Crippen LogP contribution in [0.15, 0.2) is 54.6 Å². The van der Waals surface area contributed by atoms with Gasteiger partial charge >= 0.3 is 5.97 Å². The van der Waals surface area contributed by atoms with Gasteiger partial charge in [0.25, 0.3) is 0 Å². The summed E-state index contributed by atoms with van der Waals surface area (Å²) >= 11 is 0. The molecule has 0 saturated heterocycles. The Labute approximate surface area is 230 Å². The molecule has 0 aliphatic carbocycles. The molecule has 38 heavy (non-hydrogen) atoms. The van der Waals surface area contributed by atoms with Gasteiger partial charge in [-0.05, 0) is 75.6 Å². The van der Waals surface area contributed by atoms with Gasteiger partial charge in [-0.15, -0.1) is 0 Å². The van der Waals surface area contributed by atoms with Gasteiger partial charge in [0.05, 0.1) is 11.4 Å². The van der Waals surface area contributed by atoms with Crippen molar-refractivity contribution in [1.29, 1.82) is 0 Å². The maximum Gasteiger partial charge on any atom is 0.310 e. The maximum atomic E-state index is 13.4. The lowest BCUT2D eigenvalue weighted by molar-refractivity contribution is -0.170. The van der Waals surface area contributed by atoms with Gasteiger partial charge in [0.2, 0.25) is 0 Å². The SMILES string of the molecule is CCn1c(-c2ccccc2)cc2ccc(OC(C)(C)CC(C)(C)OC(=O)C(CC(C)(C)C)C(C)(C)C)cc21. The Kier molecular flexibility index (Phi) is 8.46. The molecule has 0 radical (unpaired) electrons. The summed E-state index contributed by atoms with van der Waals surface area (Å²) in [5, 5.41) is 1.19. The second kappa shape index (κ2) is 10.8. The van der Waals surface area contributed by atoms with Crippen LogP contribution in [0.1, 0.15) is 89.0 Å². The molecule has 0 fully saturated rings. The van der Waals surface area contributed by atoms with Crippen molar-refractivity contribution < 1.29 is 14.3 Å². The molecular weight excluding hydrogens is 470 g/mol. The number of nitrogens with zero attached hydrogens (tertiary/aromatic N) is 1. The minimum absolute atomic E-state index is 0.0403. The summed E-state index contributed by atoms with van der Waals surface area (Å²) in [7, 11) is 0. The van der Waals surface area contributed by atoms with Crippen molar-refractivity contribution in [1.82, 2.24) is 4.57 Å². The average Bonchev–Trinajstić information content (AvgIpc) is 3.13. The minimum Gasteiger partial charge on any atom is -0.488 e. The van der Waals surface area contributed by atoms with E-state index in [1.54, 1.807) is 0 Å². The number of rotatable bonds is 9. The first-order chi connectivity index (χ1) is 17.4. The second-order valence-electron chi connectivity index (χ2n) is 14.3. The van der Waals surface area contributed by atoms with Crippen LogP contribution in [0.3, 0.4) is 0 Å². The molecule has 0 saturated carbocycles. The average molecular weight is 520 g/mol. The molecule has 0 spiro atoms. The molecule has 0 N–H and O–H groups in total. The molecule has 1 aromatic heterocycles. The lowest BCUT2D eigenvalue weighted by atomic mass is 9.72. The Morgan fingerprint density at radius 1 is 0.842 bits per heavy atom. The third kappa shape index (κ3) is 7.65. The lowest BCUT2D eigenvalue weighted by Crippen LogP contribution is -2.43. The number of benzene rings is 2. The number of esters is 1. The molecule has 0 amide bonds. The van der Waals surface area contributed by atoms with Crippen molar-refractivity contribution in [3.63, 3.8) is 0 Å². The molecule has 1 atom stereocenters. The molecule has 0 aliphatic heterocycles. The fourth-order valence-corrected chi connectivity index (χ4v) is 5.60. The topological polar surface area (TPSA) is 40.5 Å². The van der Waals surface area contributed by atoms with E-state index < -0.39 is 11.2 Å². The van der Waals surface area contributed by atoms with Gasteiger partial charge in [-0.3, -0.25) is 4.79 Å². The molecular formula is C34H49NO3. The van der Waals surface area contributed by atoms with Crippen LogP contribution in [0.5, 0.6) is 5.75 Å². The van der Waals surface area contributed by atoms with E-state index in [9.17, 15) is 4.79 Å². The molecule has 3 rings (SSSR count). The van der Waals surface area contributed by atoms with E-state index in [4.69, 9.17) is 9.47 Å². The molecule has 0 bridgehead atoms. The van der Waals surface area contributed by atoms with Gasteiger partial charge in [0.15, 0.2) is 0 Å². The summed E-state index contributed by atoms with van der Waals surface area (Å²) in [6.45, 7) is 24.0. The Morgan fingerprint density at radius 2 is 1.47 bits per heavy atom. The summed E-state index contributed by atoms with van der Waals surface area (Å²) < 4.78 is 15.1. The van der Waals surface area contributed by atoms with Gasteiger partial charge < -0.3 is 14.0 Å². The van der Waals surface area contributed by atoms with Crippen LogP contribution < -0.4 is 4.74 Å². The first-order valence-corrected chi connectivity index (χ1v) is 14.0. The van der Waals surface area contributed by atoms with Crippen molar-refractivity contribution in [2.24, 2.45) is 16.7 Å². The highest BCUT2D eigenvalue weighted by Crippen LogP contribution is 2.39. The minimum atomic E-state index is -0.670. The Balaban J connectivity index is 1.79. The monoisotopic (exact) mass is 519 g/mol. The zero-order valence-corrected chi connectivity index (χ0v) is 25.6. The van der Waals surface area contributed by atoms with Gasteiger partial charge in [0.1, 0.15) is 17.0 Å². The van der Waals surface area contributed by atoms with E-state index in [0.717, 1.165) is 24.2 Å². The fraction of sp³-hybridized carbons (Fsp3) is 0.559. The fourth-order valence-electron chi connectivity index (χ4n) is 5.60. The Bertz CT molecular complexity index is 1240. The molecule has 4 nitrogen and oxygen atoms in total. The van der Waals surface area contributed by atoms with Gasteiger partial charge in [-0.25, -0.2) is 0 Å². The highest BCUT2D eigenvalue weighted by molar-refractivity contribution is 5.88. The van der Waals surface area contributed by atoms with Gasteiger partial charge in [-0.1, -0.05) is 71.9 Å². The summed E-state index contributed by atoms with van der Waals surface area (Å²) in [6, 6.07) is 19.0. The van der Waals surface area contributed by atoms with Crippen LogP contribution in [-0.2, 0) is 16.1 Å². The van der Waals surface area contributed by atoms with E-state index in [2.05, 4.69) is 109 Å². The molecule has 208 valence electrons. The summed E-state index contributed by atoms with van der Waals surface area (Å²) in [6.07, 6.45) is 1.35. The normalized spacial score (nSPS) is 14.0. The maximum absolute atomic E-state index is 13.4. The molecule has 1 unspecified atom stereocenters. The van der Waals surface area contributed by atoms with Crippen LogP contribution in [0, 0.1) is 16.7 Å². The number of ether oxygens (including phenoxy) is 2. The highest BCUT2D eigenvalue weighted by atomic mass is 16.6. The zero-order chi connectivity index (χ0) is 28.5. The first-order valence-electron chi connectivity index (χ1n) is 14.0. The summed E-state index contributed by atoms with van der Waals surface area (Å²) in [4.78, 5) is 13.4. The summed E-state index contributed by atoms with van der Waals surface area (Å²) in [5.74, 6) is 0.523. The first kappa shape index (κ1) is 29.8. The van der Waals surface area contributed by atoms with Crippen LogP contribution >= 0.6 is 0 Å². The molecule has 0 aliphatic rings. The van der Waals surface area contributed by atoms with Gasteiger partial charge in [0, 0.05) is 30.1 Å². The smallest absolute Gasteiger partial charge is 0.310 e. The number of aryl methyl sites for hydroxylation is 1. The van der Waals surface area contributed by atoms with Crippen molar-refractivity contribution >= 4 is 16.9 Å². The molecule has 3 aromatic rings. The lowest BCUT2D eigenvalue weighted by Gasteiger charge is -2.39. The van der Waals surface area contributed by atoms with Crippen molar-refractivity contribution in [2.75, 3.05) is 0 Å². The Morgan fingerprint density at radius 3 is 2.03 bits per heavy atom.